The van der Waals surface area contributed by atoms with Crippen molar-refractivity contribution in [2.24, 2.45) is 11.7 Å². The second-order valence-electron chi connectivity index (χ2n) is 4.02. The molecule has 4 heteroatoms. The summed E-state index contributed by atoms with van der Waals surface area (Å²) in [7, 11) is 0. The van der Waals surface area contributed by atoms with Crippen molar-refractivity contribution in [1.29, 1.82) is 0 Å². The Morgan fingerprint density at radius 3 is 2.38 bits per heavy atom. The molecule has 0 aromatic heterocycles. The Morgan fingerprint density at radius 2 is 1.92 bits per heavy atom. The van der Waals surface area contributed by atoms with Crippen LogP contribution in [0, 0.1) is 5.92 Å². The summed E-state index contributed by atoms with van der Waals surface area (Å²) < 4.78 is 25.7. The lowest BCUT2D eigenvalue weighted by molar-refractivity contribution is -0.0301. The lowest BCUT2D eigenvalue weighted by atomic mass is 9.99. The average molecular weight is 192 g/mol. The van der Waals surface area contributed by atoms with Gasteiger partial charge in [0.15, 0.2) is 0 Å². The second-order valence-corrected chi connectivity index (χ2v) is 4.02. The van der Waals surface area contributed by atoms with Gasteiger partial charge in [-0.2, -0.15) is 0 Å². The summed E-state index contributed by atoms with van der Waals surface area (Å²) >= 11 is 0. The maximum absolute atomic E-state index is 12.9. The molecular weight excluding hydrogens is 174 g/mol. The minimum atomic E-state index is -2.71. The molecule has 0 spiro atoms. The molecule has 0 amide bonds. The molecule has 1 aliphatic heterocycles. The number of piperidine rings is 1. The largest absolute Gasteiger partial charge is 0.325 e. The average Bonchev–Trinajstić information content (AvgIpc) is 2.09. The molecule has 0 aromatic rings. The van der Waals surface area contributed by atoms with Gasteiger partial charge in [0.2, 0.25) is 0 Å². The minimum absolute atomic E-state index is 0.170. The minimum Gasteiger partial charge on any atom is -0.325 e. The maximum Gasteiger partial charge on any atom is 0.272 e. The van der Waals surface area contributed by atoms with E-state index in [2.05, 4.69) is 6.92 Å². The van der Waals surface area contributed by atoms with E-state index in [0.717, 1.165) is 25.9 Å². The monoisotopic (exact) mass is 192 g/mol. The molecule has 1 saturated heterocycles. The lowest BCUT2D eigenvalue weighted by Gasteiger charge is -2.32. The highest BCUT2D eigenvalue weighted by molar-refractivity contribution is 4.76. The molecule has 0 atom stereocenters. The van der Waals surface area contributed by atoms with Gasteiger partial charge < -0.3 is 5.73 Å². The third kappa shape index (κ3) is 3.56. The van der Waals surface area contributed by atoms with E-state index in [0.29, 0.717) is 5.92 Å². The molecule has 13 heavy (non-hydrogen) atoms. The van der Waals surface area contributed by atoms with Crippen LogP contribution in [0.2, 0.25) is 0 Å². The topological polar surface area (TPSA) is 29.3 Å². The Bertz CT molecular complexity index is 154. The fourth-order valence-corrected chi connectivity index (χ4v) is 1.61. The summed E-state index contributed by atoms with van der Waals surface area (Å²) in [6.45, 7) is 3.03. The van der Waals surface area contributed by atoms with Crippen molar-refractivity contribution in [3.8, 4) is 0 Å². The number of likely N-dealkylation sites (tertiary alicyclic amines) is 1. The zero-order chi connectivity index (χ0) is 9.90. The number of nitrogens with zero attached hydrogens (tertiary/aromatic N) is 1. The van der Waals surface area contributed by atoms with Crippen LogP contribution in [-0.4, -0.2) is 37.0 Å². The van der Waals surface area contributed by atoms with E-state index in [-0.39, 0.29) is 6.54 Å². The fourth-order valence-electron chi connectivity index (χ4n) is 1.61. The molecule has 0 aliphatic carbocycles. The molecule has 1 aliphatic rings. The summed E-state index contributed by atoms with van der Waals surface area (Å²) in [5.74, 6) is -2.02. The van der Waals surface area contributed by atoms with Gasteiger partial charge in [-0.3, -0.25) is 4.90 Å². The first-order valence-corrected chi connectivity index (χ1v) is 4.84. The van der Waals surface area contributed by atoms with E-state index in [1.165, 1.54) is 0 Å². The van der Waals surface area contributed by atoms with Crippen LogP contribution < -0.4 is 5.73 Å². The van der Waals surface area contributed by atoms with Gasteiger partial charge in [-0.1, -0.05) is 6.92 Å². The van der Waals surface area contributed by atoms with Crippen molar-refractivity contribution in [2.45, 2.75) is 25.7 Å². The summed E-state index contributed by atoms with van der Waals surface area (Å²) in [5.41, 5.74) is 4.97. The van der Waals surface area contributed by atoms with Crippen molar-refractivity contribution in [2.75, 3.05) is 26.2 Å². The van der Waals surface area contributed by atoms with Crippen LogP contribution in [0.3, 0.4) is 0 Å². The fraction of sp³-hybridized carbons (Fsp3) is 1.00. The van der Waals surface area contributed by atoms with Gasteiger partial charge in [0.05, 0.1) is 13.1 Å². The van der Waals surface area contributed by atoms with Crippen molar-refractivity contribution < 1.29 is 8.78 Å². The van der Waals surface area contributed by atoms with Gasteiger partial charge in [-0.15, -0.1) is 0 Å². The summed E-state index contributed by atoms with van der Waals surface area (Å²) in [5, 5.41) is 0. The zero-order valence-corrected chi connectivity index (χ0v) is 8.10. The van der Waals surface area contributed by atoms with Crippen LogP contribution in [0.1, 0.15) is 19.8 Å². The molecular formula is C9H18F2N2. The number of rotatable bonds is 3. The summed E-state index contributed by atoms with van der Waals surface area (Å²) in [6.07, 6.45) is 2.06. The molecule has 0 saturated carbocycles. The Balaban J connectivity index is 2.30. The summed E-state index contributed by atoms with van der Waals surface area (Å²) in [4.78, 5) is 1.81. The molecule has 0 bridgehead atoms. The predicted octanol–water partition coefficient (Wildman–Crippen LogP) is 1.31. The molecule has 1 rings (SSSR count). The van der Waals surface area contributed by atoms with E-state index in [1.807, 2.05) is 4.90 Å². The highest BCUT2D eigenvalue weighted by Crippen LogP contribution is 2.20. The standard InChI is InChI=1S/C9H18F2N2/c1-8-2-4-13(5-3-8)7-9(10,11)6-12/h8H,2-7,12H2,1H3. The Labute approximate surface area is 78.1 Å². The first kappa shape index (κ1) is 10.9. The Hall–Kier alpha value is -0.220. The number of nitrogens with two attached hydrogens (primary N) is 1. The van der Waals surface area contributed by atoms with Gasteiger partial charge in [-0.25, -0.2) is 8.78 Å². The van der Waals surface area contributed by atoms with E-state index in [4.69, 9.17) is 5.73 Å². The molecule has 0 unspecified atom stereocenters. The quantitative estimate of drug-likeness (QED) is 0.730. The molecule has 0 aromatic carbocycles. The zero-order valence-electron chi connectivity index (χ0n) is 8.10. The van der Waals surface area contributed by atoms with Crippen LogP contribution in [0.15, 0.2) is 0 Å². The molecule has 1 fully saturated rings. The number of alkyl halides is 2. The van der Waals surface area contributed by atoms with Gasteiger partial charge in [-0.05, 0) is 31.8 Å². The van der Waals surface area contributed by atoms with E-state index < -0.39 is 12.5 Å². The first-order valence-electron chi connectivity index (χ1n) is 4.84. The van der Waals surface area contributed by atoms with Crippen LogP contribution >= 0.6 is 0 Å². The van der Waals surface area contributed by atoms with Gasteiger partial charge in [0, 0.05) is 0 Å². The Morgan fingerprint density at radius 1 is 1.38 bits per heavy atom. The lowest BCUT2D eigenvalue weighted by Crippen LogP contribution is -2.44. The number of hydrogen-bond acceptors (Lipinski definition) is 2. The normalized spacial score (nSPS) is 22.2. The van der Waals surface area contributed by atoms with Gasteiger partial charge in [0.1, 0.15) is 0 Å². The SMILES string of the molecule is CC1CCN(CC(F)(F)CN)CC1. The van der Waals surface area contributed by atoms with Crippen LogP contribution in [0.4, 0.5) is 8.78 Å². The second kappa shape index (κ2) is 4.33. The Kier molecular flexibility index (Phi) is 3.62. The third-order valence-electron chi connectivity index (χ3n) is 2.63. The molecule has 0 radical (unpaired) electrons. The van der Waals surface area contributed by atoms with Crippen LogP contribution in [0.5, 0.6) is 0 Å². The smallest absolute Gasteiger partial charge is 0.272 e. The summed E-state index contributed by atoms with van der Waals surface area (Å²) in [6, 6.07) is 0. The van der Waals surface area contributed by atoms with E-state index >= 15 is 0 Å². The van der Waals surface area contributed by atoms with Crippen LogP contribution in [0.25, 0.3) is 0 Å². The number of halogens is 2. The van der Waals surface area contributed by atoms with E-state index in [1.54, 1.807) is 0 Å². The first-order chi connectivity index (χ1) is 6.03. The third-order valence-corrected chi connectivity index (χ3v) is 2.63. The highest BCUT2D eigenvalue weighted by Gasteiger charge is 2.30. The highest BCUT2D eigenvalue weighted by atomic mass is 19.3. The van der Waals surface area contributed by atoms with Gasteiger partial charge in [0.25, 0.3) is 5.92 Å². The van der Waals surface area contributed by atoms with Crippen molar-refractivity contribution in [1.82, 2.24) is 4.90 Å². The molecule has 1 heterocycles. The molecule has 2 N–H and O–H groups in total. The van der Waals surface area contributed by atoms with Crippen molar-refractivity contribution in [3.63, 3.8) is 0 Å². The van der Waals surface area contributed by atoms with Crippen molar-refractivity contribution >= 4 is 0 Å². The van der Waals surface area contributed by atoms with E-state index in [9.17, 15) is 8.78 Å². The predicted molar refractivity (Wildman–Crippen MR) is 48.8 cm³/mol. The van der Waals surface area contributed by atoms with Crippen LogP contribution in [-0.2, 0) is 0 Å². The van der Waals surface area contributed by atoms with Crippen molar-refractivity contribution in [3.05, 3.63) is 0 Å². The maximum atomic E-state index is 12.9. The molecule has 2 nitrogen and oxygen atoms in total. The van der Waals surface area contributed by atoms with Gasteiger partial charge >= 0.3 is 0 Å². The molecule has 78 valence electrons. The number of hydrogen-bond donors (Lipinski definition) is 1.